The van der Waals surface area contributed by atoms with Crippen molar-refractivity contribution in [3.05, 3.63) is 81.0 Å². The number of amides is 4. The maximum Gasteiger partial charge on any atom is 0.331 e. The molecule has 4 amide bonds. The molecular formula is C22H17Cl2N3O4. The van der Waals surface area contributed by atoms with Crippen LogP contribution < -0.4 is 5.32 Å². The Bertz CT molecular complexity index is 1220. The first-order chi connectivity index (χ1) is 14.7. The molecule has 3 heterocycles. The van der Waals surface area contributed by atoms with Gasteiger partial charge in [-0.3, -0.25) is 19.8 Å². The second-order valence-corrected chi connectivity index (χ2v) is 7.95. The third-order valence-electron chi connectivity index (χ3n) is 4.96. The topological polar surface area (TPSA) is 84.6 Å². The summed E-state index contributed by atoms with van der Waals surface area (Å²) < 4.78 is 7.13. The molecule has 158 valence electrons. The molecule has 2 aromatic heterocycles. The summed E-state index contributed by atoms with van der Waals surface area (Å²) in [6, 6.07) is 9.52. The van der Waals surface area contributed by atoms with Crippen LogP contribution in [0.5, 0.6) is 0 Å². The van der Waals surface area contributed by atoms with Gasteiger partial charge in [0.2, 0.25) is 0 Å². The van der Waals surface area contributed by atoms with Crippen molar-refractivity contribution < 1.29 is 18.8 Å². The minimum atomic E-state index is -0.789. The highest BCUT2D eigenvalue weighted by atomic mass is 35.5. The van der Waals surface area contributed by atoms with Gasteiger partial charge >= 0.3 is 6.03 Å². The van der Waals surface area contributed by atoms with Crippen LogP contribution in [0.4, 0.5) is 4.79 Å². The first-order valence-corrected chi connectivity index (χ1v) is 10.1. The molecule has 7 nitrogen and oxygen atoms in total. The lowest BCUT2D eigenvalue weighted by Crippen LogP contribution is -2.53. The molecule has 0 saturated carbocycles. The van der Waals surface area contributed by atoms with Gasteiger partial charge in [0.05, 0.1) is 12.8 Å². The van der Waals surface area contributed by atoms with E-state index in [1.54, 1.807) is 30.3 Å². The molecule has 0 spiro atoms. The van der Waals surface area contributed by atoms with Gasteiger partial charge in [0, 0.05) is 27.1 Å². The molecule has 1 fully saturated rings. The minimum absolute atomic E-state index is 0.0810. The molecule has 31 heavy (non-hydrogen) atoms. The van der Waals surface area contributed by atoms with Crippen LogP contribution in [0.1, 0.15) is 22.7 Å². The van der Waals surface area contributed by atoms with Crippen molar-refractivity contribution in [1.82, 2.24) is 14.8 Å². The van der Waals surface area contributed by atoms with E-state index in [1.807, 2.05) is 24.5 Å². The van der Waals surface area contributed by atoms with Crippen molar-refractivity contribution in [2.75, 3.05) is 0 Å². The molecule has 9 heteroatoms. The van der Waals surface area contributed by atoms with Gasteiger partial charge in [-0.25, -0.2) is 4.79 Å². The van der Waals surface area contributed by atoms with Gasteiger partial charge < -0.3 is 8.98 Å². The van der Waals surface area contributed by atoms with Crippen LogP contribution in [0.2, 0.25) is 10.0 Å². The van der Waals surface area contributed by atoms with Crippen molar-refractivity contribution >= 4 is 47.1 Å². The number of carbonyl (C=O) groups is 3. The number of imide groups is 2. The molecule has 1 N–H and O–H groups in total. The van der Waals surface area contributed by atoms with Crippen LogP contribution in [-0.4, -0.2) is 27.3 Å². The number of furan rings is 1. The van der Waals surface area contributed by atoms with Gasteiger partial charge in [-0.15, -0.1) is 0 Å². The molecule has 1 saturated heterocycles. The highest BCUT2D eigenvalue weighted by molar-refractivity contribution is 6.35. The summed E-state index contributed by atoms with van der Waals surface area (Å²) >= 11 is 12.3. The highest BCUT2D eigenvalue weighted by Crippen LogP contribution is 2.28. The van der Waals surface area contributed by atoms with Gasteiger partial charge in [-0.05, 0) is 61.9 Å². The molecule has 0 bridgehead atoms. The van der Waals surface area contributed by atoms with E-state index in [9.17, 15) is 14.4 Å². The maximum atomic E-state index is 12.9. The number of urea groups is 1. The molecule has 3 aromatic rings. The molecule has 0 unspecified atom stereocenters. The Morgan fingerprint density at radius 2 is 1.77 bits per heavy atom. The summed E-state index contributed by atoms with van der Waals surface area (Å²) in [6.07, 6.45) is 2.92. The van der Waals surface area contributed by atoms with Crippen LogP contribution >= 0.6 is 23.2 Å². The summed E-state index contributed by atoms with van der Waals surface area (Å²) in [5.41, 5.74) is 2.90. The third kappa shape index (κ3) is 4.02. The van der Waals surface area contributed by atoms with Crippen molar-refractivity contribution in [1.29, 1.82) is 0 Å². The largest absolute Gasteiger partial charge is 0.467 e. The first kappa shape index (κ1) is 21.0. The average Bonchev–Trinajstić information content (AvgIpc) is 3.29. The summed E-state index contributed by atoms with van der Waals surface area (Å²) in [6.45, 7) is 3.66. The fourth-order valence-electron chi connectivity index (χ4n) is 3.55. The lowest BCUT2D eigenvalue weighted by Gasteiger charge is -2.25. The van der Waals surface area contributed by atoms with Crippen molar-refractivity contribution in [2.24, 2.45) is 0 Å². The summed E-state index contributed by atoms with van der Waals surface area (Å²) in [4.78, 5) is 38.5. The van der Waals surface area contributed by atoms with Crippen LogP contribution in [0, 0.1) is 13.8 Å². The fourth-order valence-corrected chi connectivity index (χ4v) is 4.07. The zero-order valence-corrected chi connectivity index (χ0v) is 18.1. The predicted octanol–water partition coefficient (Wildman–Crippen LogP) is 4.66. The van der Waals surface area contributed by atoms with Crippen LogP contribution in [0.15, 0.2) is 52.7 Å². The number of benzene rings is 1. The van der Waals surface area contributed by atoms with Gasteiger partial charge in [-0.1, -0.05) is 23.2 Å². The Labute approximate surface area is 187 Å². The lowest BCUT2D eigenvalue weighted by molar-refractivity contribution is -0.130. The normalized spacial score (nSPS) is 15.7. The van der Waals surface area contributed by atoms with E-state index in [0.717, 1.165) is 22.0 Å². The number of hydrogen-bond donors (Lipinski definition) is 1. The van der Waals surface area contributed by atoms with Crippen molar-refractivity contribution in [3.8, 4) is 5.69 Å². The first-order valence-electron chi connectivity index (χ1n) is 9.31. The van der Waals surface area contributed by atoms with Crippen LogP contribution in [-0.2, 0) is 16.1 Å². The van der Waals surface area contributed by atoms with Crippen LogP contribution in [0.3, 0.4) is 0 Å². The Morgan fingerprint density at radius 1 is 1.06 bits per heavy atom. The lowest BCUT2D eigenvalue weighted by atomic mass is 10.1. The Morgan fingerprint density at radius 3 is 2.42 bits per heavy atom. The van der Waals surface area contributed by atoms with Crippen molar-refractivity contribution in [3.63, 3.8) is 0 Å². The minimum Gasteiger partial charge on any atom is -0.467 e. The smallest absolute Gasteiger partial charge is 0.331 e. The second kappa shape index (κ2) is 8.09. The highest BCUT2D eigenvalue weighted by Gasteiger charge is 2.36. The number of carbonyl (C=O) groups excluding carboxylic acids is 3. The predicted molar refractivity (Wildman–Crippen MR) is 116 cm³/mol. The molecular weight excluding hydrogens is 441 g/mol. The van der Waals surface area contributed by atoms with E-state index in [1.165, 1.54) is 12.3 Å². The molecule has 1 aliphatic heterocycles. The van der Waals surface area contributed by atoms with E-state index >= 15 is 0 Å². The number of halogens is 2. The van der Waals surface area contributed by atoms with Crippen LogP contribution in [0.25, 0.3) is 11.8 Å². The Hall–Kier alpha value is -3.29. The molecule has 1 aliphatic rings. The zero-order chi connectivity index (χ0) is 22.3. The number of nitrogens with one attached hydrogen (secondary N) is 1. The molecule has 0 aliphatic carbocycles. The fraction of sp³-hybridized carbons (Fsp3) is 0.136. The van der Waals surface area contributed by atoms with E-state index in [-0.39, 0.29) is 12.1 Å². The molecule has 0 radical (unpaired) electrons. The number of aryl methyl sites for hydroxylation is 1. The van der Waals surface area contributed by atoms with E-state index < -0.39 is 17.8 Å². The monoisotopic (exact) mass is 457 g/mol. The summed E-state index contributed by atoms with van der Waals surface area (Å²) in [5, 5.41) is 3.18. The van der Waals surface area contributed by atoms with Crippen molar-refractivity contribution in [2.45, 2.75) is 20.4 Å². The van der Waals surface area contributed by atoms with Gasteiger partial charge in [0.25, 0.3) is 11.8 Å². The average molecular weight is 458 g/mol. The Balaban J connectivity index is 1.72. The van der Waals surface area contributed by atoms with Gasteiger partial charge in [0.15, 0.2) is 0 Å². The maximum absolute atomic E-state index is 12.9. The summed E-state index contributed by atoms with van der Waals surface area (Å²) in [7, 11) is 0. The van der Waals surface area contributed by atoms with E-state index in [2.05, 4.69) is 5.32 Å². The molecule has 0 atom stereocenters. The number of nitrogens with zero attached hydrogens (tertiary/aromatic N) is 2. The summed E-state index contributed by atoms with van der Waals surface area (Å²) in [5.74, 6) is -1.02. The number of barbiturate groups is 1. The van der Waals surface area contributed by atoms with Gasteiger partial charge in [0.1, 0.15) is 11.3 Å². The quantitative estimate of drug-likeness (QED) is 0.456. The number of hydrogen-bond acceptors (Lipinski definition) is 4. The number of aromatic nitrogens is 1. The number of rotatable bonds is 4. The van der Waals surface area contributed by atoms with E-state index in [0.29, 0.717) is 21.4 Å². The molecule has 1 aromatic carbocycles. The SMILES string of the molecule is Cc1cc(/C=C2/C(=O)NC(=O)N(Cc3ccco3)C2=O)c(C)n1-c1cc(Cl)cc(Cl)c1. The zero-order valence-electron chi connectivity index (χ0n) is 16.6. The van der Waals surface area contributed by atoms with E-state index in [4.69, 9.17) is 27.6 Å². The standard InChI is InChI=1S/C22H17Cl2N3O4/c1-12-6-14(13(2)27(12)17-9-15(23)8-16(24)10-17)7-19-20(28)25-22(30)26(21(19)29)11-18-4-3-5-31-18/h3-10H,11H2,1-2H3,(H,25,28,30)/b19-7-. The third-order valence-corrected chi connectivity index (χ3v) is 5.39. The Kier molecular flexibility index (Phi) is 5.47. The second-order valence-electron chi connectivity index (χ2n) is 7.08. The molecule has 4 rings (SSSR count). The van der Waals surface area contributed by atoms with Gasteiger partial charge in [-0.2, -0.15) is 0 Å².